The molecule has 0 spiro atoms. The van der Waals surface area contributed by atoms with Crippen molar-refractivity contribution in [3.05, 3.63) is 0 Å². The van der Waals surface area contributed by atoms with Gasteiger partial charge >= 0.3 is 0 Å². The van der Waals surface area contributed by atoms with Crippen LogP contribution in [0.5, 0.6) is 0 Å². The number of methoxy groups -OCH3 is 1. The average molecular weight is 242 g/mol. The topological polar surface area (TPSA) is 64.3 Å². The van der Waals surface area contributed by atoms with Gasteiger partial charge in [-0.15, -0.1) is 0 Å². The molecule has 0 heterocycles. The molecule has 1 aliphatic rings. The first-order chi connectivity index (χ1) is 7.60. The van der Waals surface area contributed by atoms with E-state index in [-0.39, 0.29) is 28.9 Å². The van der Waals surface area contributed by atoms with Gasteiger partial charge in [0.15, 0.2) is 0 Å². The second kappa shape index (κ2) is 4.58. The van der Waals surface area contributed by atoms with E-state index in [1.165, 1.54) is 0 Å². The van der Waals surface area contributed by atoms with Gasteiger partial charge in [-0.3, -0.25) is 4.79 Å². The van der Waals surface area contributed by atoms with Crippen LogP contribution >= 0.6 is 0 Å². The third-order valence-corrected chi connectivity index (χ3v) is 3.99. The largest absolute Gasteiger partial charge is 0.381 e. The van der Waals surface area contributed by atoms with E-state index in [1.54, 1.807) is 7.11 Å². The molecule has 1 saturated carbocycles. The lowest BCUT2D eigenvalue weighted by atomic mass is 9.64. The van der Waals surface area contributed by atoms with Gasteiger partial charge in [0, 0.05) is 18.6 Å². The minimum absolute atomic E-state index is 0.0119. The minimum Gasteiger partial charge on any atom is -0.381 e. The van der Waals surface area contributed by atoms with Crippen molar-refractivity contribution < 1.29 is 9.53 Å². The van der Waals surface area contributed by atoms with Crippen molar-refractivity contribution in [2.45, 2.75) is 59.2 Å². The van der Waals surface area contributed by atoms with E-state index in [1.807, 2.05) is 20.8 Å². The molecule has 0 bridgehead atoms. The number of hydrogen-bond donors (Lipinski definition) is 2. The van der Waals surface area contributed by atoms with Gasteiger partial charge in [0.05, 0.1) is 12.1 Å². The highest BCUT2D eigenvalue weighted by atomic mass is 16.5. The van der Waals surface area contributed by atoms with Gasteiger partial charge in [0.25, 0.3) is 0 Å². The Morgan fingerprint density at radius 2 is 2.00 bits per heavy atom. The summed E-state index contributed by atoms with van der Waals surface area (Å²) >= 11 is 0. The van der Waals surface area contributed by atoms with Gasteiger partial charge in [-0.1, -0.05) is 34.6 Å². The Kier molecular flexibility index (Phi) is 3.89. The molecule has 0 saturated heterocycles. The first-order valence-corrected chi connectivity index (χ1v) is 6.19. The normalized spacial score (nSPS) is 29.4. The fraction of sp³-hybridized carbons (Fsp3) is 0.923. The molecular weight excluding hydrogens is 216 g/mol. The van der Waals surface area contributed by atoms with Crippen molar-refractivity contribution in [2.75, 3.05) is 7.11 Å². The number of nitrogens with two attached hydrogens (primary N) is 1. The summed E-state index contributed by atoms with van der Waals surface area (Å²) in [6.45, 7) is 10.1. The van der Waals surface area contributed by atoms with Crippen LogP contribution in [0.15, 0.2) is 0 Å². The van der Waals surface area contributed by atoms with Gasteiger partial charge < -0.3 is 15.8 Å². The van der Waals surface area contributed by atoms with Crippen LogP contribution in [0.2, 0.25) is 0 Å². The van der Waals surface area contributed by atoms with E-state index >= 15 is 0 Å². The molecule has 17 heavy (non-hydrogen) atoms. The van der Waals surface area contributed by atoms with Gasteiger partial charge in [-0.05, 0) is 11.8 Å². The fourth-order valence-corrected chi connectivity index (χ4v) is 2.19. The maximum Gasteiger partial charge on any atom is 0.237 e. The number of nitrogens with one attached hydrogen (secondary N) is 1. The third-order valence-electron chi connectivity index (χ3n) is 3.99. The highest BCUT2D eigenvalue weighted by Crippen LogP contribution is 2.42. The summed E-state index contributed by atoms with van der Waals surface area (Å²) in [5.41, 5.74) is 5.71. The summed E-state index contributed by atoms with van der Waals surface area (Å²) in [4.78, 5) is 12.0. The summed E-state index contributed by atoms with van der Waals surface area (Å²) in [6.07, 6.45) is 1.09. The predicted molar refractivity (Wildman–Crippen MR) is 68.6 cm³/mol. The lowest BCUT2D eigenvalue weighted by molar-refractivity contribution is -0.135. The molecular formula is C13H26N2O2. The monoisotopic (exact) mass is 242 g/mol. The number of carbonyl (C=O) groups is 1. The standard InChI is InChI=1S/C13H26N2O2/c1-12(2,3)10(14)11(16)15-8-7-9(17-6)13(8,4)5/h8-10H,7,14H2,1-6H3,(H,15,16). The number of amides is 1. The fourth-order valence-electron chi connectivity index (χ4n) is 2.19. The Balaban J connectivity index is 2.55. The number of carbonyl (C=O) groups excluding carboxylic acids is 1. The highest BCUT2D eigenvalue weighted by molar-refractivity contribution is 5.82. The quantitative estimate of drug-likeness (QED) is 0.784. The zero-order valence-corrected chi connectivity index (χ0v) is 11.8. The molecule has 3 N–H and O–H groups in total. The van der Waals surface area contributed by atoms with E-state index in [9.17, 15) is 4.79 Å². The molecule has 0 aliphatic heterocycles. The maximum absolute atomic E-state index is 12.0. The molecule has 4 heteroatoms. The predicted octanol–water partition coefficient (Wildman–Crippen LogP) is 1.29. The molecule has 0 aromatic heterocycles. The van der Waals surface area contributed by atoms with Gasteiger partial charge in [0.1, 0.15) is 0 Å². The lowest BCUT2D eigenvalue weighted by Crippen LogP contribution is -2.64. The second-order valence-electron chi connectivity index (χ2n) is 6.69. The van der Waals surface area contributed by atoms with Crippen LogP contribution in [-0.4, -0.2) is 31.2 Å². The second-order valence-corrected chi connectivity index (χ2v) is 6.69. The van der Waals surface area contributed by atoms with E-state index in [2.05, 4.69) is 19.2 Å². The van der Waals surface area contributed by atoms with Crippen LogP contribution < -0.4 is 11.1 Å². The van der Waals surface area contributed by atoms with Crippen LogP contribution in [0.4, 0.5) is 0 Å². The van der Waals surface area contributed by atoms with E-state index in [0.717, 1.165) is 6.42 Å². The van der Waals surface area contributed by atoms with E-state index < -0.39 is 6.04 Å². The maximum atomic E-state index is 12.0. The average Bonchev–Trinajstić information content (AvgIpc) is 2.20. The van der Waals surface area contributed by atoms with Crippen molar-refractivity contribution in [3.8, 4) is 0 Å². The van der Waals surface area contributed by atoms with Crippen molar-refractivity contribution in [3.63, 3.8) is 0 Å². The van der Waals surface area contributed by atoms with Crippen LogP contribution in [0, 0.1) is 10.8 Å². The van der Waals surface area contributed by atoms with Crippen molar-refractivity contribution in [2.24, 2.45) is 16.6 Å². The van der Waals surface area contributed by atoms with Crippen molar-refractivity contribution in [1.29, 1.82) is 0 Å². The summed E-state index contributed by atoms with van der Waals surface area (Å²) in [5.74, 6) is -0.0647. The lowest BCUT2D eigenvalue weighted by Gasteiger charge is -2.51. The van der Waals surface area contributed by atoms with Crippen LogP contribution in [0.25, 0.3) is 0 Å². The smallest absolute Gasteiger partial charge is 0.237 e. The molecule has 4 nitrogen and oxygen atoms in total. The molecule has 1 fully saturated rings. The Hall–Kier alpha value is -0.610. The number of ether oxygens (including phenoxy) is 1. The zero-order chi connectivity index (χ0) is 13.4. The highest BCUT2D eigenvalue weighted by Gasteiger charge is 2.49. The van der Waals surface area contributed by atoms with Gasteiger partial charge in [-0.25, -0.2) is 0 Å². The molecule has 0 aromatic carbocycles. The summed E-state index contributed by atoms with van der Waals surface area (Å²) in [7, 11) is 1.71. The van der Waals surface area contributed by atoms with Crippen LogP contribution in [0.3, 0.4) is 0 Å². The molecule has 0 radical (unpaired) electrons. The molecule has 3 atom stereocenters. The first kappa shape index (κ1) is 14.5. The first-order valence-electron chi connectivity index (χ1n) is 6.19. The molecule has 100 valence electrons. The molecule has 1 rings (SSSR count). The number of hydrogen-bond acceptors (Lipinski definition) is 3. The van der Waals surface area contributed by atoms with Crippen molar-refractivity contribution >= 4 is 5.91 Å². The Labute approximate surface area is 104 Å². The van der Waals surface area contributed by atoms with Gasteiger partial charge in [-0.2, -0.15) is 0 Å². The van der Waals surface area contributed by atoms with Crippen molar-refractivity contribution in [1.82, 2.24) is 5.32 Å². The summed E-state index contributed by atoms with van der Waals surface area (Å²) in [5, 5.41) is 3.03. The zero-order valence-electron chi connectivity index (χ0n) is 11.8. The van der Waals surface area contributed by atoms with Gasteiger partial charge in [0.2, 0.25) is 5.91 Å². The Morgan fingerprint density at radius 1 is 1.47 bits per heavy atom. The Morgan fingerprint density at radius 3 is 2.35 bits per heavy atom. The Bertz CT molecular complexity index is 294. The summed E-state index contributed by atoms with van der Waals surface area (Å²) < 4.78 is 5.36. The van der Waals surface area contributed by atoms with E-state index in [4.69, 9.17) is 10.5 Å². The molecule has 1 amide bonds. The number of rotatable bonds is 3. The third kappa shape index (κ3) is 2.80. The van der Waals surface area contributed by atoms with E-state index in [0.29, 0.717) is 0 Å². The van der Waals surface area contributed by atoms with Crippen LogP contribution in [0.1, 0.15) is 41.0 Å². The minimum atomic E-state index is -0.472. The molecule has 0 aromatic rings. The molecule has 3 unspecified atom stereocenters. The SMILES string of the molecule is COC1CC(NC(=O)C(N)C(C)(C)C)C1(C)C. The summed E-state index contributed by atoms with van der Waals surface area (Å²) in [6, 6.07) is -0.312. The molecule has 1 aliphatic carbocycles. The van der Waals surface area contributed by atoms with Crippen LogP contribution in [-0.2, 0) is 9.53 Å².